The van der Waals surface area contributed by atoms with Crippen molar-refractivity contribution in [1.29, 1.82) is 0 Å². The van der Waals surface area contributed by atoms with Gasteiger partial charge in [-0.3, -0.25) is 4.90 Å². The number of rotatable bonds is 3. The van der Waals surface area contributed by atoms with E-state index in [1.54, 1.807) is 0 Å². The minimum Gasteiger partial charge on any atom is -0.384 e. The SMILES string of the molecule is CN(Cc1ccnc(N)c1)C1C2CC3CC(C2)CC1C3. The van der Waals surface area contributed by atoms with Gasteiger partial charge in [0, 0.05) is 18.8 Å². The van der Waals surface area contributed by atoms with Crippen LogP contribution in [0.3, 0.4) is 0 Å². The number of hydrogen-bond acceptors (Lipinski definition) is 3. The predicted octanol–water partition coefficient (Wildman–Crippen LogP) is 2.92. The fraction of sp³-hybridized carbons (Fsp3) is 0.706. The molecule has 4 aliphatic carbocycles. The Morgan fingerprint density at radius 3 is 2.40 bits per heavy atom. The number of anilines is 1. The van der Waals surface area contributed by atoms with Crippen LogP contribution in [0.2, 0.25) is 0 Å². The molecule has 0 atom stereocenters. The highest BCUT2D eigenvalue weighted by Gasteiger charge is 2.49. The number of pyridine rings is 1. The van der Waals surface area contributed by atoms with Crippen molar-refractivity contribution in [2.75, 3.05) is 12.8 Å². The zero-order chi connectivity index (χ0) is 13.7. The van der Waals surface area contributed by atoms with E-state index in [9.17, 15) is 0 Å². The van der Waals surface area contributed by atoms with Gasteiger partial charge in [0.15, 0.2) is 0 Å². The molecule has 4 bridgehead atoms. The third-order valence-corrected chi connectivity index (χ3v) is 5.96. The van der Waals surface area contributed by atoms with Crippen LogP contribution < -0.4 is 5.73 Å². The Morgan fingerprint density at radius 1 is 1.15 bits per heavy atom. The van der Waals surface area contributed by atoms with Crippen LogP contribution in [0.5, 0.6) is 0 Å². The highest BCUT2D eigenvalue weighted by Crippen LogP contribution is 2.55. The first kappa shape index (κ1) is 12.6. The van der Waals surface area contributed by atoms with Gasteiger partial charge in [-0.1, -0.05) is 0 Å². The molecule has 0 aromatic carbocycles. The monoisotopic (exact) mass is 271 g/mol. The lowest BCUT2D eigenvalue weighted by molar-refractivity contribution is -0.0598. The van der Waals surface area contributed by atoms with E-state index >= 15 is 0 Å². The summed E-state index contributed by atoms with van der Waals surface area (Å²) in [5.41, 5.74) is 7.10. The van der Waals surface area contributed by atoms with Crippen LogP contribution in [-0.4, -0.2) is 23.0 Å². The summed E-state index contributed by atoms with van der Waals surface area (Å²) >= 11 is 0. The van der Waals surface area contributed by atoms with Crippen molar-refractivity contribution in [3.8, 4) is 0 Å². The molecule has 0 saturated heterocycles. The normalized spacial score (nSPS) is 38.6. The van der Waals surface area contributed by atoms with Crippen LogP contribution in [0.1, 0.15) is 37.7 Å². The molecule has 4 aliphatic rings. The van der Waals surface area contributed by atoms with E-state index in [1.807, 2.05) is 12.3 Å². The van der Waals surface area contributed by atoms with Crippen molar-refractivity contribution in [2.24, 2.45) is 23.7 Å². The molecule has 108 valence electrons. The number of hydrogen-bond donors (Lipinski definition) is 1. The smallest absolute Gasteiger partial charge is 0.123 e. The van der Waals surface area contributed by atoms with Gasteiger partial charge in [0.25, 0.3) is 0 Å². The lowest BCUT2D eigenvalue weighted by Crippen LogP contribution is -2.54. The van der Waals surface area contributed by atoms with Gasteiger partial charge in [0.2, 0.25) is 0 Å². The number of nitrogens with two attached hydrogens (primary N) is 1. The maximum absolute atomic E-state index is 5.80. The first-order valence-electron chi connectivity index (χ1n) is 8.09. The molecule has 1 aromatic rings. The predicted molar refractivity (Wildman–Crippen MR) is 80.9 cm³/mol. The van der Waals surface area contributed by atoms with Gasteiger partial charge >= 0.3 is 0 Å². The Kier molecular flexibility index (Phi) is 2.99. The molecule has 1 aromatic heterocycles. The maximum Gasteiger partial charge on any atom is 0.123 e. The Bertz CT molecular complexity index is 471. The molecule has 1 heterocycles. The van der Waals surface area contributed by atoms with Gasteiger partial charge in [-0.2, -0.15) is 0 Å². The Labute approximate surface area is 121 Å². The van der Waals surface area contributed by atoms with E-state index in [4.69, 9.17) is 5.73 Å². The van der Waals surface area contributed by atoms with Gasteiger partial charge in [-0.05, 0) is 80.5 Å². The average molecular weight is 271 g/mol. The van der Waals surface area contributed by atoms with Crippen molar-refractivity contribution < 1.29 is 0 Å². The van der Waals surface area contributed by atoms with Crippen LogP contribution in [0.25, 0.3) is 0 Å². The summed E-state index contributed by atoms with van der Waals surface area (Å²) < 4.78 is 0. The standard InChI is InChI=1S/C17H25N3/c1-20(10-11-2-3-19-16(18)9-11)17-14-5-12-4-13(7-14)8-15(17)6-12/h2-3,9,12-15,17H,4-8,10H2,1H3,(H2,18,19). The van der Waals surface area contributed by atoms with Crippen LogP contribution in [-0.2, 0) is 6.54 Å². The van der Waals surface area contributed by atoms with Gasteiger partial charge < -0.3 is 5.73 Å². The first-order chi connectivity index (χ1) is 9.69. The van der Waals surface area contributed by atoms with E-state index in [1.165, 1.54) is 37.7 Å². The zero-order valence-corrected chi connectivity index (χ0v) is 12.3. The highest BCUT2D eigenvalue weighted by molar-refractivity contribution is 5.31. The third kappa shape index (κ3) is 2.12. The van der Waals surface area contributed by atoms with Crippen molar-refractivity contribution in [3.05, 3.63) is 23.9 Å². The molecule has 0 spiro atoms. The van der Waals surface area contributed by atoms with Gasteiger partial charge in [0.1, 0.15) is 5.82 Å². The Morgan fingerprint density at radius 2 is 1.80 bits per heavy atom. The van der Waals surface area contributed by atoms with E-state index in [2.05, 4.69) is 23.0 Å². The summed E-state index contributed by atoms with van der Waals surface area (Å²) in [6.07, 6.45) is 9.31. The molecule has 0 unspecified atom stereocenters. The lowest BCUT2D eigenvalue weighted by Gasteiger charge is -2.56. The number of nitrogens with zero attached hydrogens (tertiary/aromatic N) is 2. The summed E-state index contributed by atoms with van der Waals surface area (Å²) in [4.78, 5) is 6.69. The Balaban J connectivity index is 1.50. The molecule has 4 saturated carbocycles. The molecule has 0 amide bonds. The van der Waals surface area contributed by atoms with Gasteiger partial charge in [-0.15, -0.1) is 0 Å². The Hall–Kier alpha value is -1.09. The van der Waals surface area contributed by atoms with E-state index in [0.29, 0.717) is 5.82 Å². The largest absolute Gasteiger partial charge is 0.384 e. The summed E-state index contributed by atoms with van der Waals surface area (Å²) in [5.74, 6) is 4.66. The first-order valence-corrected chi connectivity index (χ1v) is 8.09. The summed E-state index contributed by atoms with van der Waals surface area (Å²) in [6, 6.07) is 4.92. The minimum atomic E-state index is 0.640. The number of nitrogen functional groups attached to an aromatic ring is 1. The number of aromatic nitrogens is 1. The van der Waals surface area contributed by atoms with Crippen LogP contribution in [0, 0.1) is 23.7 Å². The van der Waals surface area contributed by atoms with Crippen molar-refractivity contribution in [1.82, 2.24) is 9.88 Å². The fourth-order valence-electron chi connectivity index (χ4n) is 5.60. The molecule has 5 rings (SSSR count). The average Bonchev–Trinajstić information content (AvgIpc) is 2.37. The van der Waals surface area contributed by atoms with Crippen LogP contribution in [0.4, 0.5) is 5.82 Å². The highest BCUT2D eigenvalue weighted by atomic mass is 15.1. The quantitative estimate of drug-likeness (QED) is 0.919. The fourth-order valence-corrected chi connectivity index (χ4v) is 5.60. The van der Waals surface area contributed by atoms with Crippen molar-refractivity contribution >= 4 is 5.82 Å². The topological polar surface area (TPSA) is 42.2 Å². The second-order valence-corrected chi connectivity index (χ2v) is 7.43. The molecule has 2 N–H and O–H groups in total. The van der Waals surface area contributed by atoms with Crippen LogP contribution >= 0.6 is 0 Å². The molecule has 3 heteroatoms. The maximum atomic E-state index is 5.80. The van der Waals surface area contributed by atoms with E-state index < -0.39 is 0 Å². The van der Waals surface area contributed by atoms with Crippen molar-refractivity contribution in [2.45, 2.75) is 44.7 Å². The van der Waals surface area contributed by atoms with Gasteiger partial charge in [-0.25, -0.2) is 4.98 Å². The van der Waals surface area contributed by atoms with E-state index in [0.717, 1.165) is 36.3 Å². The molecule has 20 heavy (non-hydrogen) atoms. The zero-order valence-electron chi connectivity index (χ0n) is 12.3. The summed E-state index contributed by atoms with van der Waals surface area (Å²) in [5, 5.41) is 0. The molecule has 0 aliphatic heterocycles. The van der Waals surface area contributed by atoms with Gasteiger partial charge in [0.05, 0.1) is 0 Å². The minimum absolute atomic E-state index is 0.640. The second-order valence-electron chi connectivity index (χ2n) is 7.43. The summed E-state index contributed by atoms with van der Waals surface area (Å²) in [7, 11) is 2.31. The molecular formula is C17H25N3. The molecule has 0 radical (unpaired) electrons. The molecular weight excluding hydrogens is 246 g/mol. The second kappa shape index (κ2) is 4.73. The summed E-state index contributed by atoms with van der Waals surface area (Å²) in [6.45, 7) is 1.01. The van der Waals surface area contributed by atoms with Crippen molar-refractivity contribution in [3.63, 3.8) is 0 Å². The lowest BCUT2D eigenvalue weighted by atomic mass is 9.54. The molecule has 3 nitrogen and oxygen atoms in total. The third-order valence-electron chi connectivity index (χ3n) is 5.96. The van der Waals surface area contributed by atoms with E-state index in [-0.39, 0.29) is 0 Å². The van der Waals surface area contributed by atoms with Crippen LogP contribution in [0.15, 0.2) is 18.3 Å². The molecule has 4 fully saturated rings.